The number of amides is 3. The summed E-state index contributed by atoms with van der Waals surface area (Å²) >= 11 is 0. The Hall–Kier alpha value is -2.57. The summed E-state index contributed by atoms with van der Waals surface area (Å²) < 4.78 is 5.24. The van der Waals surface area contributed by atoms with Crippen LogP contribution < -0.4 is 10.1 Å². The molecule has 2 aliphatic heterocycles. The summed E-state index contributed by atoms with van der Waals surface area (Å²) in [6, 6.07) is 7.07. The second kappa shape index (κ2) is 9.71. The standard InChI is InChI=1S/C24H35N3O4/c1-5-11-27-22(29)20(14-17(2)3)25-23(30)24(27)9-12-26(13-10-24)21(28)16-18-7-6-8-19(15-18)31-4/h6-8,15,17,20H,5,9-14,16H2,1-4H3,(H,25,30). The topological polar surface area (TPSA) is 79.0 Å². The van der Waals surface area contributed by atoms with Crippen molar-refractivity contribution in [2.45, 2.75) is 64.5 Å². The lowest BCUT2D eigenvalue weighted by atomic mass is 9.80. The summed E-state index contributed by atoms with van der Waals surface area (Å²) in [5.41, 5.74) is 0.0622. The Labute approximate surface area is 185 Å². The third-order valence-corrected chi connectivity index (χ3v) is 6.40. The van der Waals surface area contributed by atoms with E-state index in [9.17, 15) is 14.4 Å². The van der Waals surface area contributed by atoms with Gasteiger partial charge in [0.15, 0.2) is 0 Å². The average molecular weight is 430 g/mol. The molecule has 2 aliphatic rings. The smallest absolute Gasteiger partial charge is 0.246 e. The lowest BCUT2D eigenvalue weighted by Gasteiger charge is -2.51. The first-order valence-corrected chi connectivity index (χ1v) is 11.3. The third kappa shape index (κ3) is 4.86. The molecule has 1 atom stereocenters. The summed E-state index contributed by atoms with van der Waals surface area (Å²) in [5.74, 6) is 1.04. The van der Waals surface area contributed by atoms with Crippen LogP contribution >= 0.6 is 0 Å². The van der Waals surface area contributed by atoms with E-state index in [0.717, 1.165) is 17.7 Å². The molecule has 3 rings (SSSR count). The number of rotatable bonds is 7. The molecule has 2 heterocycles. The lowest BCUT2D eigenvalue weighted by Crippen LogP contribution is -2.73. The molecule has 1 N–H and O–H groups in total. The van der Waals surface area contributed by atoms with Gasteiger partial charge in [-0.1, -0.05) is 32.9 Å². The second-order valence-corrected chi connectivity index (χ2v) is 9.09. The summed E-state index contributed by atoms with van der Waals surface area (Å²) in [6.45, 7) is 7.65. The van der Waals surface area contributed by atoms with Crippen molar-refractivity contribution in [1.82, 2.24) is 15.1 Å². The fourth-order valence-electron chi connectivity index (χ4n) is 4.75. The van der Waals surface area contributed by atoms with Gasteiger partial charge in [-0.2, -0.15) is 0 Å². The Morgan fingerprint density at radius 3 is 2.58 bits per heavy atom. The van der Waals surface area contributed by atoms with E-state index in [1.54, 1.807) is 7.11 Å². The number of carbonyl (C=O) groups is 3. The van der Waals surface area contributed by atoms with Crippen LogP contribution in [0.1, 0.15) is 52.0 Å². The minimum Gasteiger partial charge on any atom is -0.497 e. The largest absolute Gasteiger partial charge is 0.497 e. The average Bonchev–Trinajstić information content (AvgIpc) is 2.75. The van der Waals surface area contributed by atoms with E-state index in [-0.39, 0.29) is 17.7 Å². The van der Waals surface area contributed by atoms with Crippen molar-refractivity contribution >= 4 is 17.7 Å². The van der Waals surface area contributed by atoms with Crippen molar-refractivity contribution in [2.75, 3.05) is 26.7 Å². The van der Waals surface area contributed by atoms with E-state index >= 15 is 0 Å². The molecule has 31 heavy (non-hydrogen) atoms. The molecule has 7 nitrogen and oxygen atoms in total. The van der Waals surface area contributed by atoms with Gasteiger partial charge in [-0.05, 0) is 49.3 Å². The predicted molar refractivity (Wildman–Crippen MR) is 119 cm³/mol. The molecule has 0 radical (unpaired) electrons. The first-order chi connectivity index (χ1) is 14.8. The van der Waals surface area contributed by atoms with Crippen LogP contribution in [0.4, 0.5) is 0 Å². The fourth-order valence-corrected chi connectivity index (χ4v) is 4.75. The highest BCUT2D eigenvalue weighted by Crippen LogP contribution is 2.34. The molecular formula is C24H35N3O4. The van der Waals surface area contributed by atoms with Gasteiger partial charge >= 0.3 is 0 Å². The van der Waals surface area contributed by atoms with Crippen LogP contribution in [0.5, 0.6) is 5.75 Å². The lowest BCUT2D eigenvalue weighted by molar-refractivity contribution is -0.162. The number of carbonyl (C=O) groups excluding carboxylic acids is 3. The second-order valence-electron chi connectivity index (χ2n) is 9.09. The SMILES string of the molecule is CCCN1C(=O)C(CC(C)C)NC(=O)C12CCN(C(=O)Cc1cccc(OC)c1)CC2. The normalized spacial score (nSPS) is 20.9. The first-order valence-electron chi connectivity index (χ1n) is 11.3. The van der Waals surface area contributed by atoms with Crippen molar-refractivity contribution < 1.29 is 19.1 Å². The van der Waals surface area contributed by atoms with E-state index in [4.69, 9.17) is 4.74 Å². The van der Waals surface area contributed by atoms with Crippen molar-refractivity contribution in [1.29, 1.82) is 0 Å². The summed E-state index contributed by atoms with van der Waals surface area (Å²) in [4.78, 5) is 42.9. The van der Waals surface area contributed by atoms with Crippen LogP contribution in [0, 0.1) is 5.92 Å². The van der Waals surface area contributed by atoms with Gasteiger partial charge < -0.3 is 19.9 Å². The van der Waals surface area contributed by atoms with E-state index in [1.165, 1.54) is 0 Å². The first kappa shape index (κ1) is 23.1. The number of benzene rings is 1. The summed E-state index contributed by atoms with van der Waals surface area (Å²) in [5, 5.41) is 3.00. The maximum Gasteiger partial charge on any atom is 0.246 e. The predicted octanol–water partition coefficient (Wildman–Crippen LogP) is 2.38. The summed E-state index contributed by atoms with van der Waals surface area (Å²) in [7, 11) is 1.61. The molecule has 2 saturated heterocycles. The van der Waals surface area contributed by atoms with Crippen molar-refractivity contribution in [3.05, 3.63) is 29.8 Å². The van der Waals surface area contributed by atoms with Crippen molar-refractivity contribution in [3.8, 4) is 5.75 Å². The molecule has 1 spiro atoms. The number of piperidine rings is 1. The zero-order valence-corrected chi connectivity index (χ0v) is 19.1. The van der Waals surface area contributed by atoms with Gasteiger partial charge in [-0.15, -0.1) is 0 Å². The number of methoxy groups -OCH3 is 1. The Bertz CT molecular complexity index is 815. The molecule has 3 amide bonds. The van der Waals surface area contributed by atoms with Gasteiger partial charge in [-0.25, -0.2) is 0 Å². The minimum atomic E-state index is -0.840. The molecular weight excluding hydrogens is 394 g/mol. The zero-order valence-electron chi connectivity index (χ0n) is 19.1. The van der Waals surface area contributed by atoms with Crippen molar-refractivity contribution in [3.63, 3.8) is 0 Å². The zero-order chi connectivity index (χ0) is 22.6. The monoisotopic (exact) mass is 429 g/mol. The Morgan fingerprint density at radius 2 is 1.97 bits per heavy atom. The Kier molecular flexibility index (Phi) is 7.23. The van der Waals surface area contributed by atoms with E-state index in [1.807, 2.05) is 41.0 Å². The number of likely N-dealkylation sites (tertiary alicyclic amines) is 1. The number of nitrogens with zero attached hydrogens (tertiary/aromatic N) is 2. The van der Waals surface area contributed by atoms with Crippen LogP contribution in [0.3, 0.4) is 0 Å². The number of piperazine rings is 1. The molecule has 2 fully saturated rings. The fraction of sp³-hybridized carbons (Fsp3) is 0.625. The minimum absolute atomic E-state index is 0.0197. The molecule has 1 aromatic rings. The molecule has 1 aromatic carbocycles. The maximum absolute atomic E-state index is 13.2. The number of ether oxygens (including phenoxy) is 1. The summed E-state index contributed by atoms with van der Waals surface area (Å²) in [6.07, 6.45) is 2.69. The molecule has 170 valence electrons. The highest BCUT2D eigenvalue weighted by atomic mass is 16.5. The van der Waals surface area contributed by atoms with Gasteiger partial charge in [0.1, 0.15) is 17.3 Å². The highest BCUT2D eigenvalue weighted by Gasteiger charge is 2.53. The van der Waals surface area contributed by atoms with Gasteiger partial charge in [0.25, 0.3) is 0 Å². The Balaban J connectivity index is 1.69. The molecule has 0 aliphatic carbocycles. The van der Waals surface area contributed by atoms with Gasteiger partial charge in [0, 0.05) is 19.6 Å². The van der Waals surface area contributed by atoms with E-state index < -0.39 is 11.6 Å². The van der Waals surface area contributed by atoms with Crippen LogP contribution in [0.2, 0.25) is 0 Å². The van der Waals surface area contributed by atoms with Crippen LogP contribution in [0.25, 0.3) is 0 Å². The highest BCUT2D eigenvalue weighted by molar-refractivity contribution is 6.00. The quantitative estimate of drug-likeness (QED) is 0.722. The van der Waals surface area contributed by atoms with Crippen LogP contribution in [-0.4, -0.2) is 65.8 Å². The van der Waals surface area contributed by atoms with Gasteiger partial charge in [-0.3, -0.25) is 14.4 Å². The van der Waals surface area contributed by atoms with Crippen molar-refractivity contribution in [2.24, 2.45) is 5.92 Å². The molecule has 7 heteroatoms. The number of hydrogen-bond acceptors (Lipinski definition) is 4. The van der Waals surface area contributed by atoms with Crippen LogP contribution in [-0.2, 0) is 20.8 Å². The molecule has 0 saturated carbocycles. The van der Waals surface area contributed by atoms with E-state index in [2.05, 4.69) is 19.2 Å². The number of nitrogens with one attached hydrogen (secondary N) is 1. The number of hydrogen-bond donors (Lipinski definition) is 1. The van der Waals surface area contributed by atoms with Crippen LogP contribution in [0.15, 0.2) is 24.3 Å². The molecule has 0 bridgehead atoms. The molecule has 0 aromatic heterocycles. The van der Waals surface area contributed by atoms with Gasteiger partial charge in [0.05, 0.1) is 13.5 Å². The molecule has 1 unspecified atom stereocenters. The van der Waals surface area contributed by atoms with Gasteiger partial charge in [0.2, 0.25) is 17.7 Å². The Morgan fingerprint density at radius 1 is 1.26 bits per heavy atom. The maximum atomic E-state index is 13.2. The third-order valence-electron chi connectivity index (χ3n) is 6.40. The van der Waals surface area contributed by atoms with E-state index in [0.29, 0.717) is 51.2 Å².